The number of esters is 1. The van der Waals surface area contributed by atoms with Gasteiger partial charge in [-0.05, 0) is 47.5 Å². The van der Waals surface area contributed by atoms with E-state index >= 15 is 0 Å². The highest BCUT2D eigenvalue weighted by atomic mass is 16.5. The van der Waals surface area contributed by atoms with Crippen molar-refractivity contribution in [3.05, 3.63) is 36.2 Å². The van der Waals surface area contributed by atoms with Gasteiger partial charge in [0.15, 0.2) is 6.61 Å². The zero-order chi connectivity index (χ0) is 15.4. The number of carbonyl (C=O) groups excluding carboxylic acids is 2. The minimum absolute atomic E-state index is 0.142. The minimum Gasteiger partial charge on any atom is -0.452 e. The molecule has 0 saturated carbocycles. The Morgan fingerprint density at radius 2 is 1.86 bits per heavy atom. The Hall–Kier alpha value is -2.77. The molecule has 0 atom stereocenters. The van der Waals surface area contributed by atoms with Gasteiger partial charge in [-0.25, -0.2) is 9.48 Å². The van der Waals surface area contributed by atoms with Crippen molar-refractivity contribution in [2.24, 2.45) is 0 Å². The van der Waals surface area contributed by atoms with Gasteiger partial charge in [0, 0.05) is 13.1 Å². The predicted molar refractivity (Wildman–Crippen MR) is 75.3 cm³/mol. The molecule has 2 heterocycles. The number of benzene rings is 1. The molecular formula is C14H15N5O3. The van der Waals surface area contributed by atoms with Crippen LogP contribution in [0.25, 0.3) is 5.69 Å². The number of carbonyl (C=O) groups is 2. The third-order valence-electron chi connectivity index (χ3n) is 3.50. The Labute approximate surface area is 126 Å². The number of rotatable bonds is 4. The van der Waals surface area contributed by atoms with Crippen molar-refractivity contribution in [2.45, 2.75) is 12.8 Å². The number of hydrogen-bond acceptors (Lipinski definition) is 6. The van der Waals surface area contributed by atoms with Crippen molar-refractivity contribution < 1.29 is 14.3 Å². The second-order valence-corrected chi connectivity index (χ2v) is 4.97. The molecule has 22 heavy (non-hydrogen) atoms. The fraction of sp³-hybridized carbons (Fsp3) is 0.357. The molecule has 1 amide bonds. The molecule has 8 heteroatoms. The minimum atomic E-state index is -0.518. The number of aromatic nitrogens is 4. The quantitative estimate of drug-likeness (QED) is 0.761. The highest BCUT2D eigenvalue weighted by Gasteiger charge is 2.19. The van der Waals surface area contributed by atoms with Gasteiger partial charge in [0.1, 0.15) is 6.33 Å². The molecule has 0 aliphatic carbocycles. The van der Waals surface area contributed by atoms with Gasteiger partial charge in [-0.1, -0.05) is 0 Å². The first-order chi connectivity index (χ1) is 10.7. The summed E-state index contributed by atoms with van der Waals surface area (Å²) in [7, 11) is 0. The molecule has 8 nitrogen and oxygen atoms in total. The van der Waals surface area contributed by atoms with Crippen molar-refractivity contribution >= 4 is 11.9 Å². The average Bonchev–Trinajstić information content (AvgIpc) is 3.25. The van der Waals surface area contributed by atoms with Crippen LogP contribution in [-0.2, 0) is 9.53 Å². The highest BCUT2D eigenvalue weighted by Crippen LogP contribution is 2.10. The van der Waals surface area contributed by atoms with Crippen LogP contribution in [0.1, 0.15) is 23.2 Å². The van der Waals surface area contributed by atoms with Crippen molar-refractivity contribution in [1.29, 1.82) is 0 Å². The monoisotopic (exact) mass is 301 g/mol. The fourth-order valence-electron chi connectivity index (χ4n) is 2.30. The van der Waals surface area contributed by atoms with E-state index in [1.54, 1.807) is 29.2 Å². The average molecular weight is 301 g/mol. The summed E-state index contributed by atoms with van der Waals surface area (Å²) in [5.41, 5.74) is 1.11. The number of amides is 1. The zero-order valence-electron chi connectivity index (χ0n) is 11.9. The summed E-state index contributed by atoms with van der Waals surface area (Å²) in [5, 5.41) is 10.8. The SMILES string of the molecule is O=C(OCC(=O)N1CCCC1)c1ccc(-n2cnnn2)cc1. The van der Waals surface area contributed by atoms with Crippen LogP contribution < -0.4 is 0 Å². The van der Waals surface area contributed by atoms with Crippen LogP contribution in [0.15, 0.2) is 30.6 Å². The number of hydrogen-bond donors (Lipinski definition) is 0. The molecule has 0 bridgehead atoms. The van der Waals surface area contributed by atoms with Crippen LogP contribution in [0.3, 0.4) is 0 Å². The number of likely N-dealkylation sites (tertiary alicyclic amines) is 1. The lowest BCUT2D eigenvalue weighted by Crippen LogP contribution is -2.32. The maximum atomic E-state index is 11.9. The molecule has 1 aliphatic rings. The predicted octanol–water partition coefficient (Wildman–Crippen LogP) is 0.441. The topological polar surface area (TPSA) is 90.2 Å². The molecule has 0 radical (unpaired) electrons. The number of nitrogens with zero attached hydrogens (tertiary/aromatic N) is 5. The van der Waals surface area contributed by atoms with Gasteiger partial charge in [0.25, 0.3) is 5.91 Å². The summed E-state index contributed by atoms with van der Waals surface area (Å²) in [6, 6.07) is 6.63. The molecule has 1 saturated heterocycles. The molecule has 0 spiro atoms. The summed E-state index contributed by atoms with van der Waals surface area (Å²) >= 11 is 0. The third-order valence-corrected chi connectivity index (χ3v) is 3.50. The molecular weight excluding hydrogens is 286 g/mol. The second-order valence-electron chi connectivity index (χ2n) is 4.97. The molecule has 0 unspecified atom stereocenters. The van der Waals surface area contributed by atoms with E-state index in [1.807, 2.05) is 0 Å². The standard InChI is InChI=1S/C14H15N5O3/c20-13(18-7-1-2-8-18)9-22-14(21)11-3-5-12(6-4-11)19-10-15-16-17-19/h3-6,10H,1-2,7-9H2. The van der Waals surface area contributed by atoms with Crippen LogP contribution >= 0.6 is 0 Å². The van der Waals surface area contributed by atoms with Crippen LogP contribution in [-0.4, -0.2) is 56.7 Å². The normalized spacial score (nSPS) is 14.1. The highest BCUT2D eigenvalue weighted by molar-refractivity contribution is 5.91. The Morgan fingerprint density at radius 1 is 1.14 bits per heavy atom. The molecule has 1 aromatic heterocycles. The summed E-state index contributed by atoms with van der Waals surface area (Å²) < 4.78 is 6.53. The Bertz CT molecular complexity index is 648. The van der Waals surface area contributed by atoms with E-state index in [9.17, 15) is 9.59 Å². The van der Waals surface area contributed by atoms with E-state index in [1.165, 1.54) is 11.0 Å². The molecule has 1 aromatic carbocycles. The Balaban J connectivity index is 1.57. The van der Waals surface area contributed by atoms with Crippen molar-refractivity contribution in [2.75, 3.05) is 19.7 Å². The van der Waals surface area contributed by atoms with Crippen molar-refractivity contribution in [3.63, 3.8) is 0 Å². The van der Waals surface area contributed by atoms with E-state index in [4.69, 9.17) is 4.74 Å². The zero-order valence-corrected chi connectivity index (χ0v) is 11.9. The van der Waals surface area contributed by atoms with Gasteiger partial charge in [0.05, 0.1) is 11.3 Å². The lowest BCUT2D eigenvalue weighted by molar-refractivity contribution is -0.133. The summed E-state index contributed by atoms with van der Waals surface area (Å²) in [5.74, 6) is -0.660. The van der Waals surface area contributed by atoms with Gasteiger partial charge < -0.3 is 9.64 Å². The second kappa shape index (κ2) is 6.33. The molecule has 1 aliphatic heterocycles. The first kappa shape index (κ1) is 14.2. The Morgan fingerprint density at radius 3 is 2.50 bits per heavy atom. The first-order valence-corrected chi connectivity index (χ1v) is 7.02. The van der Waals surface area contributed by atoms with Crippen LogP contribution in [0.4, 0.5) is 0 Å². The van der Waals surface area contributed by atoms with Gasteiger partial charge in [-0.3, -0.25) is 4.79 Å². The molecule has 3 rings (SSSR count). The van der Waals surface area contributed by atoms with Gasteiger partial charge in [-0.15, -0.1) is 5.10 Å². The maximum absolute atomic E-state index is 11.9. The third kappa shape index (κ3) is 3.11. The lowest BCUT2D eigenvalue weighted by Gasteiger charge is -2.14. The molecule has 1 fully saturated rings. The molecule has 0 N–H and O–H groups in total. The van der Waals surface area contributed by atoms with Crippen LogP contribution in [0.2, 0.25) is 0 Å². The van der Waals surface area contributed by atoms with E-state index in [2.05, 4.69) is 15.5 Å². The van der Waals surface area contributed by atoms with Crippen LogP contribution in [0.5, 0.6) is 0 Å². The maximum Gasteiger partial charge on any atom is 0.338 e. The van der Waals surface area contributed by atoms with E-state index < -0.39 is 5.97 Å². The number of ether oxygens (including phenoxy) is 1. The fourth-order valence-corrected chi connectivity index (χ4v) is 2.30. The van der Waals surface area contributed by atoms with E-state index in [0.717, 1.165) is 31.6 Å². The molecule has 2 aromatic rings. The Kier molecular flexibility index (Phi) is 4.08. The van der Waals surface area contributed by atoms with Gasteiger partial charge in [-0.2, -0.15) is 0 Å². The summed E-state index contributed by atoms with van der Waals surface area (Å²) in [4.78, 5) is 25.5. The number of tetrazole rings is 1. The molecule has 114 valence electrons. The lowest BCUT2D eigenvalue weighted by atomic mass is 10.2. The van der Waals surface area contributed by atoms with Crippen molar-refractivity contribution in [3.8, 4) is 5.69 Å². The van der Waals surface area contributed by atoms with Gasteiger partial charge >= 0.3 is 5.97 Å². The van der Waals surface area contributed by atoms with E-state index in [0.29, 0.717) is 5.56 Å². The summed E-state index contributed by atoms with van der Waals surface area (Å²) in [6.45, 7) is 1.28. The summed E-state index contributed by atoms with van der Waals surface area (Å²) in [6.07, 6.45) is 3.48. The smallest absolute Gasteiger partial charge is 0.338 e. The van der Waals surface area contributed by atoms with Gasteiger partial charge in [0.2, 0.25) is 0 Å². The van der Waals surface area contributed by atoms with E-state index in [-0.39, 0.29) is 12.5 Å². The van der Waals surface area contributed by atoms with Crippen molar-refractivity contribution in [1.82, 2.24) is 25.1 Å². The first-order valence-electron chi connectivity index (χ1n) is 7.02. The van der Waals surface area contributed by atoms with Crippen LogP contribution in [0, 0.1) is 0 Å². The largest absolute Gasteiger partial charge is 0.452 e.